The standard InChI is InChI=1S/C16H11NO3/c18-16-13(10-12-5-1-2-7-15(12)16)8-11-4-3-6-14(9-11)17(19)20/h1-9H,10H2/b13-8+. The molecule has 1 aliphatic rings. The lowest BCUT2D eigenvalue weighted by Gasteiger charge is -1.97. The summed E-state index contributed by atoms with van der Waals surface area (Å²) in [5, 5.41) is 10.8. The number of hydrogen-bond acceptors (Lipinski definition) is 3. The monoisotopic (exact) mass is 265 g/mol. The summed E-state index contributed by atoms with van der Waals surface area (Å²) in [6, 6.07) is 13.8. The Morgan fingerprint density at radius 3 is 2.65 bits per heavy atom. The van der Waals surface area contributed by atoms with E-state index in [2.05, 4.69) is 0 Å². The molecular weight excluding hydrogens is 254 g/mol. The zero-order valence-corrected chi connectivity index (χ0v) is 10.6. The van der Waals surface area contributed by atoms with E-state index < -0.39 is 4.92 Å². The van der Waals surface area contributed by atoms with Crippen LogP contribution in [0.5, 0.6) is 0 Å². The minimum Gasteiger partial charge on any atom is -0.289 e. The van der Waals surface area contributed by atoms with Crippen LogP contribution in [0.25, 0.3) is 6.08 Å². The molecule has 0 aliphatic heterocycles. The number of nitro benzene ring substituents is 1. The fourth-order valence-electron chi connectivity index (χ4n) is 2.40. The summed E-state index contributed by atoms with van der Waals surface area (Å²) in [6.45, 7) is 0. The van der Waals surface area contributed by atoms with Crippen LogP contribution in [-0.4, -0.2) is 10.7 Å². The Morgan fingerprint density at radius 1 is 1.10 bits per heavy atom. The Hall–Kier alpha value is -2.75. The number of fused-ring (bicyclic) bond motifs is 1. The van der Waals surface area contributed by atoms with Gasteiger partial charge in [-0.05, 0) is 17.2 Å². The number of allylic oxidation sites excluding steroid dienone is 1. The third-order valence-corrected chi connectivity index (χ3v) is 3.36. The Morgan fingerprint density at radius 2 is 1.90 bits per heavy atom. The van der Waals surface area contributed by atoms with E-state index in [9.17, 15) is 14.9 Å². The van der Waals surface area contributed by atoms with E-state index in [0.29, 0.717) is 17.6 Å². The molecule has 0 heterocycles. The third kappa shape index (κ3) is 2.12. The maximum absolute atomic E-state index is 12.2. The van der Waals surface area contributed by atoms with Crippen molar-refractivity contribution in [1.82, 2.24) is 0 Å². The van der Waals surface area contributed by atoms with Crippen molar-refractivity contribution in [1.29, 1.82) is 0 Å². The van der Waals surface area contributed by atoms with Crippen LogP contribution in [0.2, 0.25) is 0 Å². The molecule has 20 heavy (non-hydrogen) atoms. The lowest BCUT2D eigenvalue weighted by molar-refractivity contribution is -0.384. The fourth-order valence-corrected chi connectivity index (χ4v) is 2.40. The molecule has 0 fully saturated rings. The number of ketones is 1. The minimum atomic E-state index is -0.437. The second kappa shape index (κ2) is 4.74. The highest BCUT2D eigenvalue weighted by Crippen LogP contribution is 2.28. The van der Waals surface area contributed by atoms with Crippen molar-refractivity contribution in [2.75, 3.05) is 0 Å². The fraction of sp³-hybridized carbons (Fsp3) is 0.0625. The maximum atomic E-state index is 12.2. The number of non-ortho nitro benzene ring substituents is 1. The van der Waals surface area contributed by atoms with Gasteiger partial charge < -0.3 is 0 Å². The van der Waals surface area contributed by atoms with Gasteiger partial charge in [-0.2, -0.15) is 0 Å². The van der Waals surface area contributed by atoms with Crippen LogP contribution in [0.15, 0.2) is 54.1 Å². The summed E-state index contributed by atoms with van der Waals surface area (Å²) in [4.78, 5) is 22.5. The number of nitrogens with zero attached hydrogens (tertiary/aromatic N) is 1. The average Bonchev–Trinajstić information content (AvgIpc) is 2.76. The van der Waals surface area contributed by atoms with E-state index in [-0.39, 0.29) is 11.5 Å². The molecule has 1 aliphatic carbocycles. The molecule has 0 atom stereocenters. The van der Waals surface area contributed by atoms with Gasteiger partial charge >= 0.3 is 0 Å². The molecule has 4 nitrogen and oxygen atoms in total. The van der Waals surface area contributed by atoms with Crippen molar-refractivity contribution in [3.05, 3.63) is 80.9 Å². The normalized spacial score (nSPS) is 15.4. The van der Waals surface area contributed by atoms with E-state index in [1.807, 2.05) is 24.3 Å². The summed E-state index contributed by atoms with van der Waals surface area (Å²) in [5.41, 5.74) is 3.11. The number of carbonyl (C=O) groups excluding carboxylic acids is 1. The highest BCUT2D eigenvalue weighted by Gasteiger charge is 2.23. The highest BCUT2D eigenvalue weighted by molar-refractivity contribution is 6.15. The number of carbonyl (C=O) groups is 1. The quantitative estimate of drug-likeness (QED) is 0.475. The smallest absolute Gasteiger partial charge is 0.270 e. The average molecular weight is 265 g/mol. The summed E-state index contributed by atoms with van der Waals surface area (Å²) >= 11 is 0. The minimum absolute atomic E-state index is 0.00658. The second-order valence-corrected chi connectivity index (χ2v) is 4.68. The lowest BCUT2D eigenvalue weighted by atomic mass is 10.1. The van der Waals surface area contributed by atoms with Gasteiger partial charge in [0.05, 0.1) is 4.92 Å². The highest BCUT2D eigenvalue weighted by atomic mass is 16.6. The van der Waals surface area contributed by atoms with Crippen LogP contribution >= 0.6 is 0 Å². The number of rotatable bonds is 2. The second-order valence-electron chi connectivity index (χ2n) is 4.68. The van der Waals surface area contributed by atoms with E-state index in [0.717, 1.165) is 11.1 Å². The molecule has 2 aromatic rings. The Labute approximate surface area is 115 Å². The molecular formula is C16H11NO3. The van der Waals surface area contributed by atoms with Crippen LogP contribution in [0.4, 0.5) is 5.69 Å². The van der Waals surface area contributed by atoms with Crippen molar-refractivity contribution in [2.45, 2.75) is 6.42 Å². The van der Waals surface area contributed by atoms with Gasteiger partial charge in [0.1, 0.15) is 0 Å². The lowest BCUT2D eigenvalue weighted by Crippen LogP contribution is -1.95. The predicted octanol–water partition coefficient (Wildman–Crippen LogP) is 3.42. The molecule has 0 saturated carbocycles. The van der Waals surface area contributed by atoms with Crippen LogP contribution in [0.3, 0.4) is 0 Å². The molecule has 0 unspecified atom stereocenters. The van der Waals surface area contributed by atoms with Crippen LogP contribution in [0, 0.1) is 10.1 Å². The summed E-state index contributed by atoms with van der Waals surface area (Å²) in [5.74, 6) is 0.00658. The molecule has 98 valence electrons. The number of Topliss-reactive ketones (excluding diaryl/α,β-unsaturated/α-hetero) is 1. The van der Waals surface area contributed by atoms with Crippen molar-refractivity contribution >= 4 is 17.5 Å². The molecule has 0 spiro atoms. The molecule has 0 radical (unpaired) electrons. The Kier molecular flexibility index (Phi) is 2.91. The molecule has 4 heteroatoms. The van der Waals surface area contributed by atoms with Crippen LogP contribution in [0.1, 0.15) is 21.5 Å². The molecule has 3 rings (SSSR count). The molecule has 0 amide bonds. The molecule has 0 aromatic heterocycles. The van der Waals surface area contributed by atoms with Gasteiger partial charge in [-0.25, -0.2) is 0 Å². The largest absolute Gasteiger partial charge is 0.289 e. The van der Waals surface area contributed by atoms with Crippen molar-refractivity contribution in [3.63, 3.8) is 0 Å². The van der Waals surface area contributed by atoms with Gasteiger partial charge in [-0.1, -0.05) is 36.4 Å². The Bertz CT molecular complexity index is 747. The van der Waals surface area contributed by atoms with Gasteiger partial charge in [0, 0.05) is 29.7 Å². The van der Waals surface area contributed by atoms with Crippen LogP contribution in [-0.2, 0) is 6.42 Å². The molecule has 0 bridgehead atoms. The van der Waals surface area contributed by atoms with Gasteiger partial charge in [0.25, 0.3) is 5.69 Å². The number of benzene rings is 2. The molecule has 2 aromatic carbocycles. The van der Waals surface area contributed by atoms with Gasteiger partial charge in [0.15, 0.2) is 5.78 Å². The van der Waals surface area contributed by atoms with E-state index >= 15 is 0 Å². The number of nitro groups is 1. The predicted molar refractivity (Wildman–Crippen MR) is 75.5 cm³/mol. The van der Waals surface area contributed by atoms with Crippen molar-refractivity contribution < 1.29 is 9.72 Å². The Balaban J connectivity index is 1.97. The number of hydrogen-bond donors (Lipinski definition) is 0. The first-order valence-electron chi connectivity index (χ1n) is 6.23. The van der Waals surface area contributed by atoms with E-state index in [1.54, 1.807) is 18.2 Å². The molecule has 0 saturated heterocycles. The third-order valence-electron chi connectivity index (χ3n) is 3.36. The summed E-state index contributed by atoms with van der Waals surface area (Å²) in [6.07, 6.45) is 2.31. The van der Waals surface area contributed by atoms with Gasteiger partial charge in [-0.3, -0.25) is 14.9 Å². The van der Waals surface area contributed by atoms with Crippen molar-refractivity contribution in [2.24, 2.45) is 0 Å². The van der Waals surface area contributed by atoms with E-state index in [1.165, 1.54) is 12.1 Å². The van der Waals surface area contributed by atoms with E-state index in [4.69, 9.17) is 0 Å². The summed E-state index contributed by atoms with van der Waals surface area (Å²) < 4.78 is 0. The van der Waals surface area contributed by atoms with Crippen LogP contribution < -0.4 is 0 Å². The summed E-state index contributed by atoms with van der Waals surface area (Å²) in [7, 11) is 0. The van der Waals surface area contributed by atoms with Crippen molar-refractivity contribution in [3.8, 4) is 0 Å². The van der Waals surface area contributed by atoms with Gasteiger partial charge in [-0.15, -0.1) is 0 Å². The van der Waals surface area contributed by atoms with Gasteiger partial charge in [0.2, 0.25) is 0 Å². The molecule has 0 N–H and O–H groups in total. The SMILES string of the molecule is O=C1/C(=C/c2cccc([N+](=O)[O-])c2)Cc2ccccc21. The zero-order chi connectivity index (χ0) is 14.1. The first kappa shape index (κ1) is 12.3. The topological polar surface area (TPSA) is 60.2 Å². The maximum Gasteiger partial charge on any atom is 0.270 e. The first-order chi connectivity index (χ1) is 9.65. The zero-order valence-electron chi connectivity index (χ0n) is 10.6. The first-order valence-corrected chi connectivity index (χ1v) is 6.23.